The number of carbonyl (C=O) groups is 1. The lowest BCUT2D eigenvalue weighted by molar-refractivity contribution is 0.102. The molecule has 0 atom stereocenters. The van der Waals surface area contributed by atoms with Gasteiger partial charge in [-0.15, -0.1) is 5.10 Å². The van der Waals surface area contributed by atoms with Crippen LogP contribution < -0.4 is 5.32 Å². The van der Waals surface area contributed by atoms with Gasteiger partial charge in [0.25, 0.3) is 5.91 Å². The van der Waals surface area contributed by atoms with Crippen molar-refractivity contribution in [3.05, 3.63) is 39.3 Å². The number of halogens is 3. The van der Waals surface area contributed by atoms with Crippen LogP contribution in [0.25, 0.3) is 0 Å². The summed E-state index contributed by atoms with van der Waals surface area (Å²) in [6.07, 6.45) is 0. The average molecular weight is 320 g/mol. The van der Waals surface area contributed by atoms with Crippen molar-refractivity contribution in [2.24, 2.45) is 0 Å². The summed E-state index contributed by atoms with van der Waals surface area (Å²) < 4.78 is 30.0. The van der Waals surface area contributed by atoms with Crippen LogP contribution in [0.3, 0.4) is 0 Å². The summed E-state index contributed by atoms with van der Waals surface area (Å²) in [5.74, 6) is -2.05. The zero-order chi connectivity index (χ0) is 12.4. The Hall–Kier alpha value is -1.41. The molecule has 88 valence electrons. The van der Waals surface area contributed by atoms with Gasteiger partial charge < -0.3 is 5.32 Å². The quantitative estimate of drug-likeness (QED) is 0.866. The molecular formula is C9H4BrF2N3OS. The summed E-state index contributed by atoms with van der Waals surface area (Å²) in [5.41, 5.74) is -0.193. The number of nitrogens with zero attached hydrogens (tertiary/aromatic N) is 2. The number of carbonyl (C=O) groups excluding carboxylic acids is 1. The topological polar surface area (TPSA) is 54.9 Å². The van der Waals surface area contributed by atoms with Crippen molar-refractivity contribution < 1.29 is 13.6 Å². The molecule has 0 saturated carbocycles. The Kier molecular flexibility index (Phi) is 3.43. The third-order valence-corrected chi connectivity index (χ3v) is 2.96. The van der Waals surface area contributed by atoms with Crippen LogP contribution in [-0.4, -0.2) is 15.5 Å². The lowest BCUT2D eigenvalue weighted by atomic mass is 10.3. The Bertz CT molecular complexity index is 562. The van der Waals surface area contributed by atoms with Crippen LogP contribution in [0.1, 0.15) is 10.5 Å². The van der Waals surface area contributed by atoms with Gasteiger partial charge in [0.1, 0.15) is 11.6 Å². The maximum Gasteiger partial charge on any atom is 0.277 e. The number of rotatable bonds is 2. The molecule has 0 unspecified atom stereocenters. The fourth-order valence-electron chi connectivity index (χ4n) is 1.07. The molecule has 0 aliphatic heterocycles. The first-order valence-electron chi connectivity index (χ1n) is 4.31. The monoisotopic (exact) mass is 319 g/mol. The first kappa shape index (κ1) is 12.1. The number of anilines is 1. The number of nitrogens with one attached hydrogen (secondary N) is 1. The maximum atomic E-state index is 13.4. The molecule has 1 heterocycles. The SMILES string of the molecule is O=C(Nc1cc(F)c(Br)cc1F)c1csnn1. The van der Waals surface area contributed by atoms with E-state index in [-0.39, 0.29) is 15.9 Å². The minimum Gasteiger partial charge on any atom is -0.318 e. The first-order chi connectivity index (χ1) is 8.08. The van der Waals surface area contributed by atoms with Gasteiger partial charge in [-0.25, -0.2) is 8.78 Å². The Morgan fingerprint density at radius 3 is 2.76 bits per heavy atom. The normalized spacial score (nSPS) is 10.3. The molecule has 1 aromatic heterocycles. The van der Waals surface area contributed by atoms with Gasteiger partial charge in [-0.05, 0) is 33.5 Å². The van der Waals surface area contributed by atoms with E-state index >= 15 is 0 Å². The Balaban J connectivity index is 2.25. The number of hydrogen-bond acceptors (Lipinski definition) is 4. The fourth-order valence-corrected chi connectivity index (χ4v) is 1.82. The second kappa shape index (κ2) is 4.84. The molecule has 0 aliphatic rings. The minimum atomic E-state index is -0.741. The zero-order valence-corrected chi connectivity index (χ0v) is 10.5. The largest absolute Gasteiger partial charge is 0.318 e. The Labute approximate surface area is 107 Å². The predicted octanol–water partition coefficient (Wildman–Crippen LogP) is 2.83. The van der Waals surface area contributed by atoms with Crippen molar-refractivity contribution in [3.63, 3.8) is 0 Å². The van der Waals surface area contributed by atoms with E-state index in [2.05, 4.69) is 30.8 Å². The van der Waals surface area contributed by atoms with E-state index < -0.39 is 17.5 Å². The fraction of sp³-hybridized carbons (Fsp3) is 0. The molecule has 2 rings (SSSR count). The number of benzene rings is 1. The molecule has 1 aromatic carbocycles. The molecule has 8 heteroatoms. The van der Waals surface area contributed by atoms with Crippen LogP contribution >= 0.6 is 27.5 Å². The van der Waals surface area contributed by atoms with E-state index in [9.17, 15) is 13.6 Å². The molecular weight excluding hydrogens is 316 g/mol. The Morgan fingerprint density at radius 2 is 2.12 bits per heavy atom. The summed E-state index contributed by atoms with van der Waals surface area (Å²) in [7, 11) is 0. The summed E-state index contributed by atoms with van der Waals surface area (Å²) in [4.78, 5) is 11.5. The summed E-state index contributed by atoms with van der Waals surface area (Å²) >= 11 is 3.83. The number of hydrogen-bond donors (Lipinski definition) is 1. The highest BCUT2D eigenvalue weighted by Gasteiger charge is 2.14. The van der Waals surface area contributed by atoms with Gasteiger partial charge in [-0.1, -0.05) is 4.49 Å². The van der Waals surface area contributed by atoms with Crippen LogP contribution in [0.5, 0.6) is 0 Å². The van der Waals surface area contributed by atoms with E-state index in [1.807, 2.05) is 0 Å². The standard InChI is InChI=1S/C9H4BrF2N3OS/c10-4-1-6(12)7(2-5(4)11)13-9(16)8-3-17-15-14-8/h1-3H,(H,13,16). The summed E-state index contributed by atoms with van der Waals surface area (Å²) in [6.45, 7) is 0. The zero-order valence-electron chi connectivity index (χ0n) is 8.08. The first-order valence-corrected chi connectivity index (χ1v) is 5.94. The van der Waals surface area contributed by atoms with E-state index in [1.54, 1.807) is 0 Å². The highest BCUT2D eigenvalue weighted by molar-refractivity contribution is 9.10. The molecule has 0 spiro atoms. The van der Waals surface area contributed by atoms with Crippen molar-refractivity contribution in [3.8, 4) is 0 Å². The van der Waals surface area contributed by atoms with Gasteiger partial charge in [0.2, 0.25) is 0 Å². The van der Waals surface area contributed by atoms with Gasteiger partial charge in [0.15, 0.2) is 5.69 Å². The predicted molar refractivity (Wildman–Crippen MR) is 61.9 cm³/mol. The van der Waals surface area contributed by atoms with Crippen molar-refractivity contribution in [2.45, 2.75) is 0 Å². The molecule has 17 heavy (non-hydrogen) atoms. The molecule has 0 saturated heterocycles. The molecule has 2 aromatic rings. The Morgan fingerprint density at radius 1 is 1.35 bits per heavy atom. The van der Waals surface area contributed by atoms with Gasteiger partial charge in [-0.3, -0.25) is 4.79 Å². The smallest absolute Gasteiger partial charge is 0.277 e. The lowest BCUT2D eigenvalue weighted by Crippen LogP contribution is -2.13. The maximum absolute atomic E-state index is 13.4. The molecule has 0 bridgehead atoms. The molecule has 4 nitrogen and oxygen atoms in total. The molecule has 0 aliphatic carbocycles. The van der Waals surface area contributed by atoms with Crippen molar-refractivity contribution in [1.82, 2.24) is 9.59 Å². The van der Waals surface area contributed by atoms with E-state index in [0.29, 0.717) is 0 Å². The van der Waals surface area contributed by atoms with Gasteiger partial charge in [0, 0.05) is 11.4 Å². The molecule has 0 fully saturated rings. The molecule has 0 radical (unpaired) electrons. The van der Waals surface area contributed by atoms with Crippen LogP contribution in [0.4, 0.5) is 14.5 Å². The number of amides is 1. The lowest BCUT2D eigenvalue weighted by Gasteiger charge is -2.05. The average Bonchev–Trinajstić information content (AvgIpc) is 2.79. The van der Waals surface area contributed by atoms with Gasteiger partial charge >= 0.3 is 0 Å². The summed E-state index contributed by atoms with van der Waals surface area (Å²) in [5, 5.41) is 7.13. The van der Waals surface area contributed by atoms with Crippen molar-refractivity contribution >= 4 is 39.1 Å². The van der Waals surface area contributed by atoms with Gasteiger partial charge in [-0.2, -0.15) is 0 Å². The van der Waals surface area contributed by atoms with Crippen LogP contribution in [0.15, 0.2) is 22.0 Å². The van der Waals surface area contributed by atoms with Gasteiger partial charge in [0.05, 0.1) is 10.2 Å². The van der Waals surface area contributed by atoms with Crippen molar-refractivity contribution in [2.75, 3.05) is 5.32 Å². The van der Waals surface area contributed by atoms with Crippen LogP contribution in [0, 0.1) is 11.6 Å². The highest BCUT2D eigenvalue weighted by Crippen LogP contribution is 2.23. The second-order valence-electron chi connectivity index (χ2n) is 2.99. The van der Waals surface area contributed by atoms with E-state index in [4.69, 9.17) is 0 Å². The second-order valence-corrected chi connectivity index (χ2v) is 4.45. The third-order valence-electron chi connectivity index (χ3n) is 1.85. The molecule has 1 amide bonds. The highest BCUT2D eigenvalue weighted by atomic mass is 79.9. The van der Waals surface area contributed by atoms with Crippen molar-refractivity contribution in [1.29, 1.82) is 0 Å². The minimum absolute atomic E-state index is 0.0108. The van der Waals surface area contributed by atoms with Crippen LogP contribution in [-0.2, 0) is 0 Å². The van der Waals surface area contributed by atoms with Crippen LogP contribution in [0.2, 0.25) is 0 Å². The van der Waals surface area contributed by atoms with E-state index in [1.165, 1.54) is 5.38 Å². The molecule has 1 N–H and O–H groups in total. The summed E-state index contributed by atoms with van der Waals surface area (Å²) in [6, 6.07) is 1.82. The third kappa shape index (κ3) is 2.64. The van der Waals surface area contributed by atoms with E-state index in [0.717, 1.165) is 23.7 Å². The number of aromatic nitrogens is 2.